The second kappa shape index (κ2) is 13.5. The number of nitrogens with zero attached hydrogens (tertiary/aromatic N) is 4. The lowest BCUT2D eigenvalue weighted by Gasteiger charge is -2.39. The summed E-state index contributed by atoms with van der Waals surface area (Å²) in [7, 11) is 0. The molecule has 2 aromatic carbocycles. The molecule has 2 atom stereocenters. The minimum atomic E-state index is -0.112. The molecule has 0 radical (unpaired) electrons. The maximum Gasteiger partial charge on any atom is 0.242 e. The Labute approximate surface area is 241 Å². The molecule has 0 N–H and O–H groups in total. The quantitative estimate of drug-likeness (QED) is 0.415. The van der Waals surface area contributed by atoms with Gasteiger partial charge in [-0.25, -0.2) is 0 Å². The SMILES string of the molecule is O=CN1CCN(C(=O)C[C@@H]2CCN3C[C@@H]2/C=C\COc2ccccc2CN(C(=O)Cc2ccccc2)CC3=O)CC1. The number of carbonyl (C=O) groups excluding carboxylic acids is 4. The van der Waals surface area contributed by atoms with Crippen LogP contribution >= 0.6 is 0 Å². The average Bonchev–Trinajstić information content (AvgIpc) is 3.01. The summed E-state index contributed by atoms with van der Waals surface area (Å²) in [5.74, 6) is 0.683. The van der Waals surface area contributed by atoms with Crippen molar-refractivity contribution in [3.8, 4) is 5.75 Å². The molecule has 0 aromatic heterocycles. The number of piperidine rings is 1. The van der Waals surface area contributed by atoms with Gasteiger partial charge in [-0.2, -0.15) is 0 Å². The van der Waals surface area contributed by atoms with Crippen LogP contribution < -0.4 is 4.74 Å². The largest absolute Gasteiger partial charge is 0.489 e. The molecule has 2 saturated heterocycles. The van der Waals surface area contributed by atoms with Crippen LogP contribution in [0.1, 0.15) is 24.0 Å². The van der Waals surface area contributed by atoms with Crippen LogP contribution in [0, 0.1) is 11.8 Å². The van der Waals surface area contributed by atoms with Crippen molar-refractivity contribution >= 4 is 24.1 Å². The zero-order valence-corrected chi connectivity index (χ0v) is 23.4. The number of para-hydroxylation sites is 1. The molecule has 2 fully saturated rings. The summed E-state index contributed by atoms with van der Waals surface area (Å²) in [4.78, 5) is 58.3. The molecule has 2 bridgehead atoms. The molecule has 3 heterocycles. The highest BCUT2D eigenvalue weighted by atomic mass is 16.5. The van der Waals surface area contributed by atoms with Gasteiger partial charge in [-0.05, 0) is 29.9 Å². The number of benzene rings is 2. The Morgan fingerprint density at radius 1 is 0.878 bits per heavy atom. The van der Waals surface area contributed by atoms with Crippen molar-refractivity contribution < 1.29 is 23.9 Å². The summed E-state index contributed by atoms with van der Waals surface area (Å²) in [5, 5.41) is 0. The van der Waals surface area contributed by atoms with Gasteiger partial charge in [0.2, 0.25) is 24.1 Å². The first kappa shape index (κ1) is 28.4. The maximum absolute atomic E-state index is 13.6. The van der Waals surface area contributed by atoms with E-state index in [4.69, 9.17) is 4.74 Å². The first-order valence-electron chi connectivity index (χ1n) is 14.4. The van der Waals surface area contributed by atoms with E-state index in [-0.39, 0.29) is 49.1 Å². The van der Waals surface area contributed by atoms with E-state index in [1.165, 1.54) is 0 Å². The summed E-state index contributed by atoms with van der Waals surface area (Å²) in [6.45, 7) is 3.89. The molecule has 5 rings (SSSR count). The van der Waals surface area contributed by atoms with Crippen LogP contribution in [0.15, 0.2) is 66.7 Å². The molecule has 0 saturated carbocycles. The van der Waals surface area contributed by atoms with Crippen LogP contribution in [-0.2, 0) is 32.1 Å². The monoisotopic (exact) mass is 558 g/mol. The van der Waals surface area contributed by atoms with E-state index < -0.39 is 0 Å². The maximum atomic E-state index is 13.6. The van der Waals surface area contributed by atoms with Crippen LogP contribution in [-0.4, -0.2) is 96.2 Å². The highest BCUT2D eigenvalue weighted by Crippen LogP contribution is 2.30. The van der Waals surface area contributed by atoms with E-state index in [1.54, 1.807) is 9.80 Å². The van der Waals surface area contributed by atoms with E-state index in [2.05, 4.69) is 6.08 Å². The standard InChI is InChI=1S/C32H38N4O5/c37-24-33-14-16-34(17-15-33)31(39)20-26-12-13-35-21-27(26)10-6-18-41-29-11-5-4-9-28(29)22-36(23-32(35)40)30(38)19-25-7-2-1-3-8-25/h1-11,24,26-27H,12-23H2/b10-6-/t26-,27-/m0/s1. The van der Waals surface area contributed by atoms with Crippen molar-refractivity contribution in [2.75, 3.05) is 52.4 Å². The molecular weight excluding hydrogens is 520 g/mol. The topological polar surface area (TPSA) is 90.5 Å². The van der Waals surface area contributed by atoms with Crippen molar-refractivity contribution in [3.05, 3.63) is 77.9 Å². The second-order valence-electron chi connectivity index (χ2n) is 11.0. The van der Waals surface area contributed by atoms with Crippen molar-refractivity contribution in [1.29, 1.82) is 0 Å². The van der Waals surface area contributed by atoms with Gasteiger partial charge in [-0.1, -0.05) is 60.7 Å². The minimum Gasteiger partial charge on any atom is -0.489 e. The van der Waals surface area contributed by atoms with Crippen LogP contribution in [0.4, 0.5) is 0 Å². The van der Waals surface area contributed by atoms with Gasteiger partial charge in [0.05, 0.1) is 6.42 Å². The molecule has 9 heteroatoms. The van der Waals surface area contributed by atoms with E-state index >= 15 is 0 Å². The lowest BCUT2D eigenvalue weighted by molar-refractivity contribution is -0.142. The highest BCUT2D eigenvalue weighted by molar-refractivity contribution is 5.86. The zero-order valence-electron chi connectivity index (χ0n) is 23.4. The van der Waals surface area contributed by atoms with Crippen LogP contribution in [0.25, 0.3) is 0 Å². The molecule has 216 valence electrons. The molecule has 3 aliphatic rings. The van der Waals surface area contributed by atoms with E-state index in [0.29, 0.717) is 64.5 Å². The minimum absolute atomic E-state index is 0.000909. The van der Waals surface area contributed by atoms with Crippen molar-refractivity contribution in [2.45, 2.75) is 25.8 Å². The summed E-state index contributed by atoms with van der Waals surface area (Å²) in [5.41, 5.74) is 1.75. The first-order chi connectivity index (χ1) is 20.0. The predicted molar refractivity (Wildman–Crippen MR) is 154 cm³/mol. The first-order valence-corrected chi connectivity index (χ1v) is 14.4. The third kappa shape index (κ3) is 7.34. The van der Waals surface area contributed by atoms with Gasteiger partial charge in [-0.15, -0.1) is 0 Å². The van der Waals surface area contributed by atoms with Gasteiger partial charge in [-0.3, -0.25) is 19.2 Å². The van der Waals surface area contributed by atoms with Crippen LogP contribution in [0.3, 0.4) is 0 Å². The predicted octanol–water partition coefficient (Wildman–Crippen LogP) is 2.36. The van der Waals surface area contributed by atoms with E-state index in [0.717, 1.165) is 17.5 Å². The fourth-order valence-corrected chi connectivity index (χ4v) is 5.89. The van der Waals surface area contributed by atoms with E-state index in [1.807, 2.05) is 70.5 Å². The van der Waals surface area contributed by atoms with Crippen LogP contribution in [0.5, 0.6) is 5.75 Å². The summed E-state index contributed by atoms with van der Waals surface area (Å²) >= 11 is 0. The zero-order chi connectivity index (χ0) is 28.6. The van der Waals surface area contributed by atoms with Gasteiger partial charge < -0.3 is 24.3 Å². The third-order valence-electron chi connectivity index (χ3n) is 8.34. The molecule has 3 aliphatic heterocycles. The number of ether oxygens (including phenoxy) is 1. The number of carbonyl (C=O) groups is 4. The van der Waals surface area contributed by atoms with Crippen molar-refractivity contribution in [3.63, 3.8) is 0 Å². The molecule has 0 spiro atoms. The lowest BCUT2D eigenvalue weighted by atomic mass is 9.82. The number of hydrogen-bond donors (Lipinski definition) is 0. The number of hydrogen-bond acceptors (Lipinski definition) is 5. The Morgan fingerprint density at radius 3 is 2.41 bits per heavy atom. The highest BCUT2D eigenvalue weighted by Gasteiger charge is 2.34. The fraction of sp³-hybridized carbons (Fsp3) is 0.438. The summed E-state index contributed by atoms with van der Waals surface area (Å²) < 4.78 is 6.11. The van der Waals surface area contributed by atoms with E-state index in [9.17, 15) is 19.2 Å². The number of fused-ring (bicyclic) bond motifs is 3. The van der Waals surface area contributed by atoms with Crippen molar-refractivity contribution in [1.82, 2.24) is 19.6 Å². The second-order valence-corrected chi connectivity index (χ2v) is 11.0. The van der Waals surface area contributed by atoms with Gasteiger partial charge >= 0.3 is 0 Å². The Balaban J connectivity index is 1.32. The smallest absolute Gasteiger partial charge is 0.242 e. The number of amides is 4. The molecule has 4 amide bonds. The molecule has 41 heavy (non-hydrogen) atoms. The third-order valence-corrected chi connectivity index (χ3v) is 8.34. The number of rotatable bonds is 5. The number of piperazine rings is 1. The van der Waals surface area contributed by atoms with Crippen LogP contribution in [0.2, 0.25) is 0 Å². The Morgan fingerprint density at radius 2 is 1.63 bits per heavy atom. The van der Waals surface area contributed by atoms with Gasteiger partial charge in [0.15, 0.2) is 0 Å². The molecule has 9 nitrogen and oxygen atoms in total. The normalized spacial score (nSPS) is 22.4. The Bertz CT molecular complexity index is 1260. The Kier molecular flexibility index (Phi) is 9.33. The van der Waals surface area contributed by atoms with Crippen molar-refractivity contribution in [2.24, 2.45) is 11.8 Å². The fourth-order valence-electron chi connectivity index (χ4n) is 5.89. The molecular formula is C32H38N4O5. The lowest BCUT2D eigenvalue weighted by Crippen LogP contribution is -2.50. The van der Waals surface area contributed by atoms with Gasteiger partial charge in [0.1, 0.15) is 18.9 Å². The summed E-state index contributed by atoms with van der Waals surface area (Å²) in [6.07, 6.45) is 6.23. The van der Waals surface area contributed by atoms with Gasteiger partial charge in [0, 0.05) is 57.8 Å². The van der Waals surface area contributed by atoms with Gasteiger partial charge in [0.25, 0.3) is 0 Å². The average molecular weight is 559 g/mol. The summed E-state index contributed by atoms with van der Waals surface area (Å²) in [6, 6.07) is 17.2. The Hall–Kier alpha value is -4.14. The molecule has 0 unspecified atom stereocenters. The molecule has 0 aliphatic carbocycles. The molecule has 2 aromatic rings.